The molecule has 0 bridgehead atoms. The van der Waals surface area contributed by atoms with Crippen molar-refractivity contribution in [1.82, 2.24) is 5.32 Å². The molecule has 0 unspecified atom stereocenters. The molecule has 0 spiro atoms. The fraction of sp³-hybridized carbons (Fsp3) is 0.316. The number of halogens is 1. The summed E-state index contributed by atoms with van der Waals surface area (Å²) in [4.78, 5) is 11.9. The third-order valence-corrected chi connectivity index (χ3v) is 5.89. The number of benzene rings is 2. The average Bonchev–Trinajstić information content (AvgIpc) is 2.65. The Balaban J connectivity index is 2.39. The molecule has 1 amide bonds. The summed E-state index contributed by atoms with van der Waals surface area (Å²) in [7, 11) is -4.23. The van der Waals surface area contributed by atoms with Gasteiger partial charge in [0.15, 0.2) is 0 Å². The van der Waals surface area contributed by atoms with Gasteiger partial charge in [0.2, 0.25) is 5.91 Å². The number of anilines is 1. The molecule has 0 radical (unpaired) electrons. The monoisotopic (exact) mass is 378 g/mol. The van der Waals surface area contributed by atoms with Crippen molar-refractivity contribution in [3.63, 3.8) is 0 Å². The fourth-order valence-corrected chi connectivity index (χ4v) is 4.07. The smallest absolute Gasteiger partial charge is 0.267 e. The van der Waals surface area contributed by atoms with Crippen LogP contribution in [0.4, 0.5) is 10.1 Å². The van der Waals surface area contributed by atoms with Gasteiger partial charge in [0.25, 0.3) is 10.0 Å². The van der Waals surface area contributed by atoms with Crippen LogP contribution in [0.15, 0.2) is 59.5 Å². The fourth-order valence-electron chi connectivity index (χ4n) is 2.58. The maximum Gasteiger partial charge on any atom is 0.267 e. The highest BCUT2D eigenvalue weighted by Gasteiger charge is 2.29. The lowest BCUT2D eigenvalue weighted by molar-refractivity contribution is -0.120. The number of nitrogens with one attached hydrogen (secondary N) is 1. The summed E-state index contributed by atoms with van der Waals surface area (Å²) < 4.78 is 41.1. The minimum absolute atomic E-state index is 0.0312. The molecule has 0 saturated heterocycles. The van der Waals surface area contributed by atoms with E-state index in [1.165, 1.54) is 18.2 Å². The molecule has 2 rings (SSSR count). The van der Waals surface area contributed by atoms with E-state index in [4.69, 9.17) is 0 Å². The highest BCUT2D eigenvalue weighted by Crippen LogP contribution is 2.25. The van der Waals surface area contributed by atoms with E-state index < -0.39 is 33.2 Å². The Morgan fingerprint density at radius 1 is 1.04 bits per heavy atom. The van der Waals surface area contributed by atoms with Crippen molar-refractivity contribution in [1.29, 1.82) is 0 Å². The van der Waals surface area contributed by atoms with E-state index in [1.54, 1.807) is 30.3 Å². The van der Waals surface area contributed by atoms with E-state index in [0.717, 1.165) is 23.2 Å². The zero-order valence-electron chi connectivity index (χ0n) is 14.9. The van der Waals surface area contributed by atoms with Crippen LogP contribution in [0, 0.1) is 5.82 Å². The first-order valence-electron chi connectivity index (χ1n) is 8.51. The van der Waals surface area contributed by atoms with Crippen molar-refractivity contribution in [3.8, 4) is 0 Å². The standard InChI is InChI=1S/C19H23FN2O3S/c1-3-15(4-2)21-19(23)14-22(16-10-6-5-7-11-16)26(24,25)18-13-9-8-12-17(18)20/h5-13,15H,3-4,14H2,1-2H3,(H,21,23). The van der Waals surface area contributed by atoms with E-state index in [0.29, 0.717) is 5.69 Å². The Morgan fingerprint density at radius 3 is 2.19 bits per heavy atom. The van der Waals surface area contributed by atoms with Gasteiger partial charge in [-0.1, -0.05) is 44.2 Å². The summed E-state index contributed by atoms with van der Waals surface area (Å²) in [5, 5.41) is 2.82. The van der Waals surface area contributed by atoms with Crippen LogP contribution < -0.4 is 9.62 Å². The third-order valence-electron chi connectivity index (χ3n) is 4.09. The third kappa shape index (κ3) is 4.60. The summed E-state index contributed by atoms with van der Waals surface area (Å²) in [5.74, 6) is -1.28. The van der Waals surface area contributed by atoms with Crippen molar-refractivity contribution < 1.29 is 17.6 Å². The molecule has 7 heteroatoms. The predicted octanol–water partition coefficient (Wildman–Crippen LogP) is 3.33. The van der Waals surface area contributed by atoms with Crippen molar-refractivity contribution in [2.24, 2.45) is 0 Å². The highest BCUT2D eigenvalue weighted by molar-refractivity contribution is 7.92. The first kappa shape index (κ1) is 19.9. The van der Waals surface area contributed by atoms with Crippen LogP contribution in [0.5, 0.6) is 0 Å². The topological polar surface area (TPSA) is 66.5 Å². The quantitative estimate of drug-likeness (QED) is 0.766. The molecule has 0 aliphatic carbocycles. The molecule has 140 valence electrons. The molecule has 5 nitrogen and oxygen atoms in total. The molecule has 0 aromatic heterocycles. The van der Waals surface area contributed by atoms with Crippen LogP contribution in [0.3, 0.4) is 0 Å². The molecular weight excluding hydrogens is 355 g/mol. The number of carbonyl (C=O) groups excluding carboxylic acids is 1. The van der Waals surface area contributed by atoms with Crippen molar-refractivity contribution >= 4 is 21.6 Å². The second kappa shape index (κ2) is 8.80. The van der Waals surface area contributed by atoms with Crippen molar-refractivity contribution in [3.05, 3.63) is 60.4 Å². The molecule has 0 aliphatic rings. The zero-order chi connectivity index (χ0) is 19.2. The van der Waals surface area contributed by atoms with Crippen LogP contribution in [0.1, 0.15) is 26.7 Å². The second-order valence-electron chi connectivity index (χ2n) is 5.86. The summed E-state index contributed by atoms with van der Waals surface area (Å²) >= 11 is 0. The van der Waals surface area contributed by atoms with Gasteiger partial charge in [-0.15, -0.1) is 0 Å². The first-order valence-corrected chi connectivity index (χ1v) is 9.95. The molecule has 2 aromatic carbocycles. The van der Waals surface area contributed by atoms with Gasteiger partial charge in [0.05, 0.1) is 5.69 Å². The first-order chi connectivity index (χ1) is 12.4. The highest BCUT2D eigenvalue weighted by atomic mass is 32.2. The SMILES string of the molecule is CCC(CC)NC(=O)CN(c1ccccc1)S(=O)(=O)c1ccccc1F. The number of hydrogen-bond donors (Lipinski definition) is 1. The van der Waals surface area contributed by atoms with Crippen molar-refractivity contribution in [2.45, 2.75) is 37.6 Å². The van der Waals surface area contributed by atoms with Gasteiger partial charge in [0, 0.05) is 6.04 Å². The lowest BCUT2D eigenvalue weighted by Gasteiger charge is -2.25. The van der Waals surface area contributed by atoms with E-state index in [1.807, 2.05) is 13.8 Å². The molecule has 0 aliphatic heterocycles. The van der Waals surface area contributed by atoms with Gasteiger partial charge in [-0.3, -0.25) is 9.10 Å². The normalized spacial score (nSPS) is 11.4. The Kier molecular flexibility index (Phi) is 6.74. The number of amides is 1. The lowest BCUT2D eigenvalue weighted by atomic mass is 10.2. The number of para-hydroxylation sites is 1. The lowest BCUT2D eigenvalue weighted by Crippen LogP contribution is -2.44. The van der Waals surface area contributed by atoms with Gasteiger partial charge in [0.1, 0.15) is 17.3 Å². The van der Waals surface area contributed by atoms with Crippen LogP contribution in [-0.4, -0.2) is 26.9 Å². The summed E-state index contributed by atoms with van der Waals surface area (Å²) in [6.45, 7) is 3.47. The number of hydrogen-bond acceptors (Lipinski definition) is 3. The molecular formula is C19H23FN2O3S. The van der Waals surface area contributed by atoms with E-state index in [-0.39, 0.29) is 6.04 Å². The van der Waals surface area contributed by atoms with E-state index in [2.05, 4.69) is 5.32 Å². The van der Waals surface area contributed by atoms with Gasteiger partial charge < -0.3 is 5.32 Å². The Labute approximate surface area is 153 Å². The second-order valence-corrected chi connectivity index (χ2v) is 7.69. The van der Waals surface area contributed by atoms with Gasteiger partial charge in [-0.25, -0.2) is 12.8 Å². The largest absolute Gasteiger partial charge is 0.352 e. The minimum Gasteiger partial charge on any atom is -0.352 e. The van der Waals surface area contributed by atoms with Gasteiger partial charge in [-0.2, -0.15) is 0 Å². The maximum atomic E-state index is 14.1. The van der Waals surface area contributed by atoms with E-state index in [9.17, 15) is 17.6 Å². The van der Waals surface area contributed by atoms with Crippen LogP contribution in [0.2, 0.25) is 0 Å². The average molecular weight is 378 g/mol. The Hall–Kier alpha value is -2.41. The van der Waals surface area contributed by atoms with Crippen LogP contribution >= 0.6 is 0 Å². The maximum absolute atomic E-state index is 14.1. The molecule has 1 N–H and O–H groups in total. The van der Waals surface area contributed by atoms with Crippen LogP contribution in [0.25, 0.3) is 0 Å². The molecule has 26 heavy (non-hydrogen) atoms. The molecule has 0 atom stereocenters. The zero-order valence-corrected chi connectivity index (χ0v) is 15.7. The Morgan fingerprint density at radius 2 is 1.62 bits per heavy atom. The summed E-state index contributed by atoms with van der Waals surface area (Å²) in [6, 6.07) is 13.3. The molecule has 2 aromatic rings. The number of carbonyl (C=O) groups is 1. The summed E-state index contributed by atoms with van der Waals surface area (Å²) in [5.41, 5.74) is 0.301. The minimum atomic E-state index is -4.23. The Bertz CT molecular complexity index is 837. The number of nitrogens with zero attached hydrogens (tertiary/aromatic N) is 1. The van der Waals surface area contributed by atoms with Crippen LogP contribution in [-0.2, 0) is 14.8 Å². The number of sulfonamides is 1. The summed E-state index contributed by atoms with van der Waals surface area (Å²) in [6.07, 6.45) is 1.49. The predicted molar refractivity (Wildman–Crippen MR) is 99.9 cm³/mol. The van der Waals surface area contributed by atoms with Gasteiger partial charge in [-0.05, 0) is 37.1 Å². The molecule has 0 fully saturated rings. The number of rotatable bonds is 8. The molecule has 0 saturated carbocycles. The molecule has 0 heterocycles. The van der Waals surface area contributed by atoms with E-state index >= 15 is 0 Å². The van der Waals surface area contributed by atoms with Crippen molar-refractivity contribution in [2.75, 3.05) is 10.8 Å². The van der Waals surface area contributed by atoms with Gasteiger partial charge >= 0.3 is 0 Å².